The molecule has 2 aromatic rings. The minimum atomic E-state index is -0.0476. The lowest BCUT2D eigenvalue weighted by molar-refractivity contribution is -0.119. The summed E-state index contributed by atoms with van der Waals surface area (Å²) in [4.78, 5) is 17.3. The Morgan fingerprint density at radius 2 is 1.73 bits per heavy atom. The third-order valence-electron chi connectivity index (χ3n) is 5.39. The molecular formula is C22H22N2OS. The molecule has 4 rings (SSSR count). The lowest BCUT2D eigenvalue weighted by Gasteiger charge is -2.24. The van der Waals surface area contributed by atoms with Crippen molar-refractivity contribution in [1.29, 1.82) is 5.26 Å². The van der Waals surface area contributed by atoms with Gasteiger partial charge in [-0.05, 0) is 49.7 Å². The van der Waals surface area contributed by atoms with Crippen molar-refractivity contribution in [3.63, 3.8) is 0 Å². The van der Waals surface area contributed by atoms with Gasteiger partial charge in [-0.2, -0.15) is 5.26 Å². The number of hydrogen-bond donors (Lipinski definition) is 0. The van der Waals surface area contributed by atoms with Crippen LogP contribution in [-0.2, 0) is 17.6 Å². The number of aromatic nitrogens is 1. The normalized spacial score (nSPS) is 19.7. The first-order chi connectivity index (χ1) is 12.8. The SMILES string of the molecule is N#Cc1c(SC2CCCCC2=O)nc(-c2ccccc2)c2c1CCCC2. The van der Waals surface area contributed by atoms with E-state index in [2.05, 4.69) is 18.2 Å². The molecule has 3 nitrogen and oxygen atoms in total. The number of carbonyl (C=O) groups is 1. The van der Waals surface area contributed by atoms with Crippen LogP contribution in [0.1, 0.15) is 55.2 Å². The molecule has 0 N–H and O–H groups in total. The summed E-state index contributed by atoms with van der Waals surface area (Å²) in [5.74, 6) is 0.311. The van der Waals surface area contributed by atoms with Crippen molar-refractivity contribution < 1.29 is 4.79 Å². The summed E-state index contributed by atoms with van der Waals surface area (Å²) in [5.41, 5.74) is 5.22. The number of nitriles is 1. The summed E-state index contributed by atoms with van der Waals surface area (Å²) in [5, 5.41) is 10.6. The predicted octanol–water partition coefficient (Wildman–Crippen LogP) is 5.10. The fourth-order valence-electron chi connectivity index (χ4n) is 4.04. The van der Waals surface area contributed by atoms with E-state index in [4.69, 9.17) is 4.98 Å². The molecule has 26 heavy (non-hydrogen) atoms. The summed E-state index contributed by atoms with van der Waals surface area (Å²) < 4.78 is 0. The first-order valence-electron chi connectivity index (χ1n) is 9.48. The van der Waals surface area contributed by atoms with Gasteiger partial charge in [0.1, 0.15) is 16.9 Å². The molecule has 4 heteroatoms. The van der Waals surface area contributed by atoms with Crippen molar-refractivity contribution in [1.82, 2.24) is 4.98 Å². The molecule has 2 aliphatic rings. The Labute approximate surface area is 158 Å². The van der Waals surface area contributed by atoms with Crippen LogP contribution in [0.5, 0.6) is 0 Å². The van der Waals surface area contributed by atoms with Crippen LogP contribution in [0, 0.1) is 11.3 Å². The maximum absolute atomic E-state index is 12.3. The van der Waals surface area contributed by atoms with E-state index in [1.807, 2.05) is 18.2 Å². The lowest BCUT2D eigenvalue weighted by atomic mass is 9.86. The average molecular weight is 362 g/mol. The quantitative estimate of drug-likeness (QED) is 0.762. The van der Waals surface area contributed by atoms with Crippen molar-refractivity contribution in [2.75, 3.05) is 0 Å². The van der Waals surface area contributed by atoms with E-state index in [1.165, 1.54) is 22.9 Å². The topological polar surface area (TPSA) is 53.8 Å². The third-order valence-corrected chi connectivity index (χ3v) is 6.70. The Bertz CT molecular complexity index is 870. The van der Waals surface area contributed by atoms with Crippen LogP contribution < -0.4 is 0 Å². The van der Waals surface area contributed by atoms with Gasteiger partial charge < -0.3 is 0 Å². The number of pyridine rings is 1. The van der Waals surface area contributed by atoms with E-state index >= 15 is 0 Å². The zero-order valence-electron chi connectivity index (χ0n) is 14.8. The minimum Gasteiger partial charge on any atom is -0.298 e. The first-order valence-corrected chi connectivity index (χ1v) is 10.4. The Balaban J connectivity index is 1.82. The first kappa shape index (κ1) is 17.3. The van der Waals surface area contributed by atoms with E-state index < -0.39 is 0 Å². The van der Waals surface area contributed by atoms with Gasteiger partial charge in [-0.25, -0.2) is 4.98 Å². The summed E-state index contributed by atoms with van der Waals surface area (Å²) in [6.07, 6.45) is 7.82. The highest BCUT2D eigenvalue weighted by atomic mass is 32.2. The van der Waals surface area contributed by atoms with E-state index in [0.717, 1.165) is 61.2 Å². The standard InChI is InChI=1S/C22H22N2OS/c23-14-18-16-10-4-5-11-17(16)21(15-8-2-1-3-9-15)24-22(18)26-20-13-7-6-12-19(20)25/h1-3,8-9,20H,4-7,10-13H2. The van der Waals surface area contributed by atoms with Gasteiger partial charge in [0.15, 0.2) is 0 Å². The van der Waals surface area contributed by atoms with Crippen LogP contribution in [0.4, 0.5) is 0 Å². The maximum atomic E-state index is 12.3. The van der Waals surface area contributed by atoms with Crippen molar-refractivity contribution in [3.05, 3.63) is 47.0 Å². The Morgan fingerprint density at radius 1 is 1.00 bits per heavy atom. The highest BCUT2D eigenvalue weighted by Crippen LogP contribution is 2.39. The Kier molecular flexibility index (Phi) is 5.08. The number of benzene rings is 1. The van der Waals surface area contributed by atoms with Gasteiger partial charge in [-0.1, -0.05) is 48.5 Å². The van der Waals surface area contributed by atoms with E-state index in [9.17, 15) is 10.1 Å². The fourth-order valence-corrected chi connectivity index (χ4v) is 5.28. The average Bonchev–Trinajstić information content (AvgIpc) is 2.70. The highest BCUT2D eigenvalue weighted by Gasteiger charge is 2.28. The lowest BCUT2D eigenvalue weighted by Crippen LogP contribution is -2.22. The van der Waals surface area contributed by atoms with Crippen molar-refractivity contribution >= 4 is 17.5 Å². The monoisotopic (exact) mass is 362 g/mol. The second-order valence-electron chi connectivity index (χ2n) is 7.10. The molecule has 0 bridgehead atoms. The summed E-state index contributed by atoms with van der Waals surface area (Å²) in [6.45, 7) is 0. The third kappa shape index (κ3) is 3.29. The molecule has 0 radical (unpaired) electrons. The Hall–Kier alpha value is -2.12. The van der Waals surface area contributed by atoms with Gasteiger partial charge in [0, 0.05) is 12.0 Å². The van der Waals surface area contributed by atoms with Crippen molar-refractivity contribution in [2.45, 2.75) is 61.6 Å². The molecule has 1 saturated carbocycles. The zero-order valence-corrected chi connectivity index (χ0v) is 15.6. The predicted molar refractivity (Wildman–Crippen MR) is 104 cm³/mol. The summed E-state index contributed by atoms with van der Waals surface area (Å²) >= 11 is 1.52. The number of ketones is 1. The molecule has 1 aromatic carbocycles. The number of carbonyl (C=O) groups excluding carboxylic acids is 1. The van der Waals surface area contributed by atoms with Crippen molar-refractivity contribution in [2.24, 2.45) is 0 Å². The number of Topliss-reactive ketones (excluding diaryl/α,β-unsaturated/α-hetero) is 1. The maximum Gasteiger partial charge on any atom is 0.146 e. The van der Waals surface area contributed by atoms with Crippen LogP contribution in [0.25, 0.3) is 11.3 Å². The number of fused-ring (bicyclic) bond motifs is 1. The summed E-state index contributed by atoms with van der Waals surface area (Å²) in [6, 6.07) is 12.7. The van der Waals surface area contributed by atoms with Crippen LogP contribution in [0.3, 0.4) is 0 Å². The molecule has 132 valence electrons. The van der Waals surface area contributed by atoms with Gasteiger partial charge in [0.2, 0.25) is 0 Å². The number of nitrogens with zero attached hydrogens (tertiary/aromatic N) is 2. The fraction of sp³-hybridized carbons (Fsp3) is 0.409. The second-order valence-corrected chi connectivity index (χ2v) is 8.29. The largest absolute Gasteiger partial charge is 0.298 e. The molecule has 1 fully saturated rings. The van der Waals surface area contributed by atoms with Crippen LogP contribution >= 0.6 is 11.8 Å². The smallest absolute Gasteiger partial charge is 0.146 e. The van der Waals surface area contributed by atoms with Gasteiger partial charge in [-0.3, -0.25) is 4.79 Å². The molecule has 1 atom stereocenters. The van der Waals surface area contributed by atoms with E-state index in [-0.39, 0.29) is 5.25 Å². The molecule has 1 heterocycles. The zero-order chi connectivity index (χ0) is 17.9. The molecule has 0 aliphatic heterocycles. The molecule has 1 aromatic heterocycles. The van der Waals surface area contributed by atoms with E-state index in [1.54, 1.807) is 0 Å². The number of thioether (sulfide) groups is 1. The van der Waals surface area contributed by atoms with Gasteiger partial charge in [-0.15, -0.1) is 0 Å². The minimum absolute atomic E-state index is 0.0476. The van der Waals surface area contributed by atoms with Crippen LogP contribution in [0.2, 0.25) is 0 Å². The molecule has 0 saturated heterocycles. The van der Waals surface area contributed by atoms with Crippen LogP contribution in [-0.4, -0.2) is 16.0 Å². The second kappa shape index (κ2) is 7.63. The van der Waals surface area contributed by atoms with Crippen molar-refractivity contribution in [3.8, 4) is 17.3 Å². The molecule has 0 spiro atoms. The van der Waals surface area contributed by atoms with Gasteiger partial charge in [0.25, 0.3) is 0 Å². The van der Waals surface area contributed by atoms with Gasteiger partial charge >= 0.3 is 0 Å². The Morgan fingerprint density at radius 3 is 2.46 bits per heavy atom. The molecule has 2 aliphatic carbocycles. The summed E-state index contributed by atoms with van der Waals surface area (Å²) in [7, 11) is 0. The number of rotatable bonds is 3. The number of hydrogen-bond acceptors (Lipinski definition) is 4. The molecular weight excluding hydrogens is 340 g/mol. The van der Waals surface area contributed by atoms with E-state index in [0.29, 0.717) is 17.8 Å². The van der Waals surface area contributed by atoms with Gasteiger partial charge in [0.05, 0.1) is 16.5 Å². The molecule has 0 amide bonds. The molecule has 1 unspecified atom stereocenters. The highest BCUT2D eigenvalue weighted by molar-refractivity contribution is 8.00. The van der Waals surface area contributed by atoms with Crippen LogP contribution in [0.15, 0.2) is 35.4 Å².